The first-order valence-corrected chi connectivity index (χ1v) is 13.1. The van der Waals surface area contributed by atoms with Crippen LogP contribution in [0.3, 0.4) is 0 Å². The molecule has 0 saturated carbocycles. The van der Waals surface area contributed by atoms with Gasteiger partial charge in [0.05, 0.1) is 22.9 Å². The number of hydrogen-bond donors (Lipinski definition) is 1. The molecule has 0 bridgehead atoms. The highest BCUT2D eigenvalue weighted by molar-refractivity contribution is 5.99. The van der Waals surface area contributed by atoms with Crippen molar-refractivity contribution < 1.29 is 19.1 Å². The molecular formula is C32H37N3O4. The summed E-state index contributed by atoms with van der Waals surface area (Å²) in [6.07, 6.45) is 0.129. The number of pyridine rings is 1. The Morgan fingerprint density at radius 2 is 1.67 bits per heavy atom. The zero-order chi connectivity index (χ0) is 28.7. The second-order valence-electron chi connectivity index (χ2n) is 11.1. The number of hydrogen-bond acceptors (Lipinski definition) is 6. The first kappa shape index (κ1) is 29.4. The third-order valence-corrected chi connectivity index (χ3v) is 5.97. The Morgan fingerprint density at radius 1 is 1.03 bits per heavy atom. The molecule has 7 nitrogen and oxygen atoms in total. The van der Waals surface area contributed by atoms with Crippen molar-refractivity contribution in [3.05, 3.63) is 87.7 Å². The lowest BCUT2D eigenvalue weighted by molar-refractivity contribution is 0.0471. The lowest BCUT2D eigenvalue weighted by atomic mass is 9.89. The molecule has 0 unspecified atom stereocenters. The average Bonchev–Trinajstić information content (AvgIpc) is 2.85. The molecule has 39 heavy (non-hydrogen) atoms. The molecule has 2 aromatic carbocycles. The summed E-state index contributed by atoms with van der Waals surface area (Å²) in [4.78, 5) is 31.0. The number of nitriles is 1. The summed E-state index contributed by atoms with van der Waals surface area (Å²) in [7, 11) is 0. The number of alkyl carbamates (subject to hydrolysis) is 1. The zero-order valence-corrected chi connectivity index (χ0v) is 23.8. The van der Waals surface area contributed by atoms with Crippen molar-refractivity contribution in [2.24, 2.45) is 5.92 Å². The summed E-state index contributed by atoms with van der Waals surface area (Å²) in [6, 6.07) is 16.9. The zero-order valence-electron chi connectivity index (χ0n) is 23.8. The fourth-order valence-corrected chi connectivity index (χ4v) is 4.21. The highest BCUT2D eigenvalue weighted by Crippen LogP contribution is 2.33. The maximum absolute atomic E-state index is 13.6. The third-order valence-electron chi connectivity index (χ3n) is 5.97. The monoisotopic (exact) mass is 527 g/mol. The number of nitrogens with zero attached hydrogens (tertiary/aromatic N) is 2. The maximum atomic E-state index is 13.6. The van der Waals surface area contributed by atoms with E-state index in [1.165, 1.54) is 0 Å². The van der Waals surface area contributed by atoms with E-state index in [1.54, 1.807) is 24.3 Å². The van der Waals surface area contributed by atoms with E-state index in [1.807, 2.05) is 58.9 Å². The van der Waals surface area contributed by atoms with Gasteiger partial charge in [-0.25, -0.2) is 9.59 Å². The predicted octanol–water partition coefficient (Wildman–Crippen LogP) is 6.82. The number of carbonyl (C=O) groups is 2. The lowest BCUT2D eigenvalue weighted by Gasteiger charge is -2.23. The Hall–Kier alpha value is -4.18. The van der Waals surface area contributed by atoms with Crippen LogP contribution in [0.4, 0.5) is 4.79 Å². The minimum absolute atomic E-state index is 0.0521. The molecular weight excluding hydrogens is 490 g/mol. The van der Waals surface area contributed by atoms with E-state index in [0.717, 1.165) is 27.9 Å². The van der Waals surface area contributed by atoms with Crippen LogP contribution >= 0.6 is 0 Å². The summed E-state index contributed by atoms with van der Waals surface area (Å²) in [5.41, 5.74) is 5.78. The molecule has 1 amide bonds. The Morgan fingerprint density at radius 3 is 2.23 bits per heavy atom. The maximum Gasteiger partial charge on any atom is 0.407 e. The molecule has 204 valence electrons. The molecule has 0 aliphatic heterocycles. The highest BCUT2D eigenvalue weighted by atomic mass is 16.6. The second kappa shape index (κ2) is 12.6. The van der Waals surface area contributed by atoms with Gasteiger partial charge in [0.25, 0.3) is 0 Å². The van der Waals surface area contributed by atoms with Crippen molar-refractivity contribution in [2.45, 2.75) is 73.6 Å². The van der Waals surface area contributed by atoms with E-state index < -0.39 is 17.7 Å². The smallest absolute Gasteiger partial charge is 0.407 e. The van der Waals surface area contributed by atoms with Crippen LogP contribution in [-0.4, -0.2) is 22.6 Å². The Bertz CT molecular complexity index is 1360. The summed E-state index contributed by atoms with van der Waals surface area (Å²) < 4.78 is 11.2. The van der Waals surface area contributed by atoms with E-state index in [-0.39, 0.29) is 13.2 Å². The topological polar surface area (TPSA) is 101 Å². The number of carbonyl (C=O) groups excluding carboxylic acids is 2. The van der Waals surface area contributed by atoms with Crippen molar-refractivity contribution in [3.63, 3.8) is 0 Å². The molecule has 3 aromatic rings. The molecule has 0 radical (unpaired) electrons. The van der Waals surface area contributed by atoms with Crippen molar-refractivity contribution in [3.8, 4) is 17.2 Å². The Balaban J connectivity index is 2.09. The molecule has 0 aliphatic carbocycles. The number of aryl methyl sites for hydroxylation is 2. The van der Waals surface area contributed by atoms with Crippen LogP contribution in [0.1, 0.15) is 78.6 Å². The molecule has 1 N–H and O–H groups in total. The van der Waals surface area contributed by atoms with Crippen LogP contribution in [0.5, 0.6) is 0 Å². The summed E-state index contributed by atoms with van der Waals surface area (Å²) in [5, 5.41) is 11.9. The molecule has 0 atom stereocenters. The molecule has 0 spiro atoms. The van der Waals surface area contributed by atoms with Crippen LogP contribution in [-0.2, 0) is 29.0 Å². The number of benzene rings is 2. The van der Waals surface area contributed by atoms with Gasteiger partial charge in [0.1, 0.15) is 12.2 Å². The normalized spacial score (nSPS) is 11.2. The molecule has 1 heterocycles. The Kier molecular flexibility index (Phi) is 9.47. The fourth-order valence-electron chi connectivity index (χ4n) is 4.21. The van der Waals surface area contributed by atoms with Gasteiger partial charge < -0.3 is 14.8 Å². The van der Waals surface area contributed by atoms with Crippen LogP contribution in [0.15, 0.2) is 48.5 Å². The lowest BCUT2D eigenvalue weighted by Crippen LogP contribution is -2.32. The fraction of sp³-hybridized carbons (Fsp3) is 0.375. The van der Waals surface area contributed by atoms with Gasteiger partial charge in [-0.15, -0.1) is 0 Å². The quantitative estimate of drug-likeness (QED) is 0.323. The van der Waals surface area contributed by atoms with Gasteiger partial charge in [-0.05, 0) is 70.2 Å². The van der Waals surface area contributed by atoms with Crippen LogP contribution in [0, 0.1) is 31.1 Å². The van der Waals surface area contributed by atoms with Crippen molar-refractivity contribution >= 4 is 12.1 Å². The second-order valence-corrected chi connectivity index (χ2v) is 11.1. The van der Waals surface area contributed by atoms with E-state index in [4.69, 9.17) is 19.7 Å². The molecule has 7 heteroatoms. The van der Waals surface area contributed by atoms with Gasteiger partial charge in [-0.1, -0.05) is 55.8 Å². The number of aromatic nitrogens is 1. The number of rotatable bonds is 8. The van der Waals surface area contributed by atoms with E-state index >= 15 is 0 Å². The van der Waals surface area contributed by atoms with Gasteiger partial charge in [0.15, 0.2) is 0 Å². The molecule has 0 saturated heterocycles. The van der Waals surface area contributed by atoms with Gasteiger partial charge in [0, 0.05) is 23.4 Å². The number of esters is 1. The summed E-state index contributed by atoms with van der Waals surface area (Å²) in [6.45, 7) is 13.6. The first-order valence-electron chi connectivity index (χ1n) is 13.1. The standard InChI is InChI=1S/C32H37N3O4/c1-20(2)16-27-26(18-34-31(37)39-32(5,6)7)29(25-14-8-21(3)9-15-25)28(22(4)35-27)30(36)38-19-24-12-10-23(17-33)11-13-24/h8-15,20H,16,18-19H2,1-7H3,(H,34,37). The van der Waals surface area contributed by atoms with Crippen molar-refractivity contribution in [1.82, 2.24) is 10.3 Å². The molecule has 1 aromatic heterocycles. The molecule has 0 aliphatic rings. The minimum atomic E-state index is -0.642. The average molecular weight is 528 g/mol. The van der Waals surface area contributed by atoms with E-state index in [0.29, 0.717) is 34.7 Å². The number of ether oxygens (including phenoxy) is 2. The van der Waals surface area contributed by atoms with Gasteiger partial charge in [-0.2, -0.15) is 5.26 Å². The van der Waals surface area contributed by atoms with Gasteiger partial charge in [0.2, 0.25) is 0 Å². The van der Waals surface area contributed by atoms with Crippen LogP contribution in [0.25, 0.3) is 11.1 Å². The van der Waals surface area contributed by atoms with E-state index in [2.05, 4.69) is 25.2 Å². The number of nitrogens with one attached hydrogen (secondary N) is 1. The molecule has 0 fully saturated rings. The van der Waals surface area contributed by atoms with Gasteiger partial charge in [-0.3, -0.25) is 4.98 Å². The van der Waals surface area contributed by atoms with Crippen molar-refractivity contribution in [1.29, 1.82) is 5.26 Å². The SMILES string of the molecule is Cc1ccc(-c2c(CNC(=O)OC(C)(C)C)c(CC(C)C)nc(C)c2C(=O)OCc2ccc(C#N)cc2)cc1. The van der Waals surface area contributed by atoms with Crippen LogP contribution in [0.2, 0.25) is 0 Å². The van der Waals surface area contributed by atoms with E-state index in [9.17, 15) is 9.59 Å². The third kappa shape index (κ3) is 8.15. The first-order chi connectivity index (χ1) is 18.4. The summed E-state index contributed by atoms with van der Waals surface area (Å²) in [5.74, 6) is -0.202. The minimum Gasteiger partial charge on any atom is -0.457 e. The van der Waals surface area contributed by atoms with Gasteiger partial charge >= 0.3 is 12.1 Å². The predicted molar refractivity (Wildman–Crippen MR) is 151 cm³/mol. The summed E-state index contributed by atoms with van der Waals surface area (Å²) >= 11 is 0. The largest absolute Gasteiger partial charge is 0.457 e. The highest BCUT2D eigenvalue weighted by Gasteiger charge is 2.26. The number of amides is 1. The Labute approximate surface area is 231 Å². The van der Waals surface area contributed by atoms with Crippen LogP contribution < -0.4 is 5.32 Å². The van der Waals surface area contributed by atoms with Crippen molar-refractivity contribution in [2.75, 3.05) is 0 Å². The molecule has 3 rings (SSSR count).